The number of aliphatic hydroxyl groups is 1. The molecule has 0 aromatic heterocycles. The summed E-state index contributed by atoms with van der Waals surface area (Å²) in [6.07, 6.45) is 2.70. The zero-order valence-corrected chi connectivity index (χ0v) is 17.8. The van der Waals surface area contributed by atoms with Crippen molar-refractivity contribution in [2.45, 2.75) is 56.3 Å². The maximum Gasteiger partial charge on any atom is 0.306 e. The Morgan fingerprint density at radius 2 is 1.89 bits per heavy atom. The van der Waals surface area contributed by atoms with Gasteiger partial charge >= 0.3 is 5.97 Å². The Morgan fingerprint density at radius 3 is 2.61 bits per heavy atom. The topological polar surface area (TPSA) is 80.7 Å². The molecule has 28 heavy (non-hydrogen) atoms. The molecule has 5 rings (SSSR count). The monoisotopic (exact) mass is 422 g/mol. The van der Waals surface area contributed by atoms with Crippen molar-refractivity contribution >= 4 is 41.1 Å². The van der Waals surface area contributed by atoms with Gasteiger partial charge in [0.15, 0.2) is 5.78 Å². The van der Waals surface area contributed by atoms with Crippen LogP contribution in [-0.4, -0.2) is 50.9 Å². The van der Waals surface area contributed by atoms with Gasteiger partial charge in [-0.05, 0) is 48.8 Å². The van der Waals surface area contributed by atoms with Gasteiger partial charge in [0, 0.05) is 23.7 Å². The average Bonchev–Trinajstić information content (AvgIpc) is 3.17. The van der Waals surface area contributed by atoms with Crippen molar-refractivity contribution in [3.05, 3.63) is 11.6 Å². The van der Waals surface area contributed by atoms with Gasteiger partial charge in [0.1, 0.15) is 11.9 Å². The van der Waals surface area contributed by atoms with Crippen molar-refractivity contribution in [1.29, 1.82) is 0 Å². The highest BCUT2D eigenvalue weighted by Gasteiger charge is 2.74. The lowest BCUT2D eigenvalue weighted by Crippen LogP contribution is -2.63. The standard InChI is InChI=1S/C21H26O5S2/c1-10-6-13(22)12-8-15(23)21(19-27-4-3-5-28-19)9-14-11(7-16(24)26-14)17(21)20(12,2)18(10)25/h6,11-14,17,19,22H,3-5,7-9H2,1-2H3/t11-,12+,13+,14-,17-,20-,21-/m0/s1. The summed E-state index contributed by atoms with van der Waals surface area (Å²) in [6, 6.07) is 0. The Bertz CT molecular complexity index is 788. The minimum absolute atomic E-state index is 0.0375. The number of thioether (sulfide) groups is 2. The molecule has 2 heterocycles. The molecule has 2 saturated heterocycles. The van der Waals surface area contributed by atoms with Crippen LogP contribution in [0.5, 0.6) is 0 Å². The lowest BCUT2D eigenvalue weighted by atomic mass is 9.46. The van der Waals surface area contributed by atoms with E-state index < -0.39 is 22.9 Å². The molecule has 0 radical (unpaired) electrons. The second kappa shape index (κ2) is 6.35. The van der Waals surface area contributed by atoms with E-state index in [1.54, 1.807) is 13.0 Å². The molecule has 0 amide bonds. The molecule has 0 unspecified atom stereocenters. The van der Waals surface area contributed by atoms with Gasteiger partial charge in [0.05, 0.1) is 22.5 Å². The number of Topliss-reactive ketones (excluding diaryl/α,β-unsaturated/α-hetero) is 2. The number of carbonyl (C=O) groups excluding carboxylic acids is 3. The van der Waals surface area contributed by atoms with Crippen LogP contribution in [0.2, 0.25) is 0 Å². The van der Waals surface area contributed by atoms with Gasteiger partial charge in [-0.1, -0.05) is 6.92 Å². The predicted octanol–water partition coefficient (Wildman–Crippen LogP) is 2.61. The predicted molar refractivity (Wildman–Crippen MR) is 108 cm³/mol. The molecule has 1 N–H and O–H groups in total. The third-order valence-electron chi connectivity index (χ3n) is 7.95. The summed E-state index contributed by atoms with van der Waals surface area (Å²) in [5.74, 6) is 1.23. The number of fused-ring (bicyclic) bond motifs is 5. The average molecular weight is 423 g/mol. The van der Waals surface area contributed by atoms with Crippen LogP contribution in [0.25, 0.3) is 0 Å². The second-order valence-corrected chi connectivity index (χ2v) is 12.0. The molecule has 0 aromatic carbocycles. The van der Waals surface area contributed by atoms with E-state index in [0.717, 1.165) is 17.9 Å². The summed E-state index contributed by atoms with van der Waals surface area (Å²) in [5, 5.41) is 10.8. The summed E-state index contributed by atoms with van der Waals surface area (Å²) >= 11 is 3.67. The summed E-state index contributed by atoms with van der Waals surface area (Å²) in [5.41, 5.74) is -0.908. The molecule has 5 nitrogen and oxygen atoms in total. The maximum absolute atomic E-state index is 13.7. The minimum atomic E-state index is -0.835. The first-order chi connectivity index (χ1) is 13.3. The van der Waals surface area contributed by atoms with Crippen molar-refractivity contribution in [3.8, 4) is 0 Å². The number of ketones is 2. The van der Waals surface area contributed by atoms with Crippen LogP contribution >= 0.6 is 23.5 Å². The molecule has 0 bridgehead atoms. The lowest BCUT2D eigenvalue weighted by molar-refractivity contribution is -0.163. The van der Waals surface area contributed by atoms with E-state index in [-0.39, 0.29) is 52.9 Å². The highest BCUT2D eigenvalue weighted by atomic mass is 32.2. The van der Waals surface area contributed by atoms with E-state index in [4.69, 9.17) is 4.74 Å². The number of aliphatic hydroxyl groups excluding tert-OH is 1. The molecule has 2 saturated carbocycles. The second-order valence-electron chi connectivity index (χ2n) is 9.23. The Balaban J connectivity index is 1.69. The van der Waals surface area contributed by atoms with E-state index in [9.17, 15) is 19.5 Å². The fourth-order valence-electron chi connectivity index (χ4n) is 6.91. The van der Waals surface area contributed by atoms with Crippen molar-refractivity contribution in [2.24, 2.45) is 28.6 Å². The lowest BCUT2D eigenvalue weighted by Gasteiger charge is -2.58. The zero-order valence-electron chi connectivity index (χ0n) is 16.2. The zero-order chi connectivity index (χ0) is 19.8. The van der Waals surface area contributed by atoms with E-state index in [1.165, 1.54) is 0 Å². The van der Waals surface area contributed by atoms with Crippen molar-refractivity contribution in [1.82, 2.24) is 0 Å². The van der Waals surface area contributed by atoms with Crippen LogP contribution in [-0.2, 0) is 19.1 Å². The first kappa shape index (κ1) is 19.2. The van der Waals surface area contributed by atoms with Gasteiger partial charge in [-0.2, -0.15) is 0 Å². The smallest absolute Gasteiger partial charge is 0.306 e. The molecule has 152 valence electrons. The molecule has 0 aromatic rings. The molecule has 0 spiro atoms. The number of carbonyl (C=O) groups is 3. The third-order valence-corrected chi connectivity index (χ3v) is 11.3. The molecule has 4 fully saturated rings. The molecular weight excluding hydrogens is 396 g/mol. The van der Waals surface area contributed by atoms with Crippen LogP contribution in [0.1, 0.15) is 39.5 Å². The Morgan fingerprint density at radius 1 is 1.18 bits per heavy atom. The van der Waals surface area contributed by atoms with Gasteiger partial charge in [-0.15, -0.1) is 23.5 Å². The van der Waals surface area contributed by atoms with Crippen LogP contribution in [0.4, 0.5) is 0 Å². The van der Waals surface area contributed by atoms with E-state index in [2.05, 4.69) is 0 Å². The summed E-state index contributed by atoms with van der Waals surface area (Å²) in [6.45, 7) is 3.72. The van der Waals surface area contributed by atoms with Crippen LogP contribution in [0, 0.1) is 28.6 Å². The quantitative estimate of drug-likeness (QED) is 0.651. The summed E-state index contributed by atoms with van der Waals surface area (Å²) < 4.78 is 5.75. The number of ether oxygens (including phenoxy) is 1. The maximum atomic E-state index is 13.7. The van der Waals surface area contributed by atoms with Gasteiger partial charge < -0.3 is 9.84 Å². The normalized spacial score (nSPS) is 48.6. The SMILES string of the molecule is CC1=C[C@@H](O)[C@H]2CC(=O)[C@@]3(C4SCCCS4)C[C@@H]4OC(=O)C[C@@H]4[C@H]3[C@@]2(C)C1=O. The molecule has 7 heteroatoms. The Labute approximate surface area is 173 Å². The number of esters is 1. The Hall–Kier alpha value is -0.790. The Kier molecular flexibility index (Phi) is 4.35. The highest BCUT2D eigenvalue weighted by molar-refractivity contribution is 8.17. The molecular formula is C21H26O5S2. The van der Waals surface area contributed by atoms with Gasteiger partial charge in [0.25, 0.3) is 0 Å². The molecule has 5 aliphatic rings. The van der Waals surface area contributed by atoms with Crippen molar-refractivity contribution in [2.75, 3.05) is 11.5 Å². The van der Waals surface area contributed by atoms with E-state index in [0.29, 0.717) is 12.0 Å². The van der Waals surface area contributed by atoms with Gasteiger partial charge in [0.2, 0.25) is 0 Å². The fraction of sp³-hybridized carbons (Fsp3) is 0.762. The number of hydrogen-bond acceptors (Lipinski definition) is 7. The van der Waals surface area contributed by atoms with Crippen LogP contribution < -0.4 is 0 Å². The van der Waals surface area contributed by atoms with Crippen LogP contribution in [0.3, 0.4) is 0 Å². The van der Waals surface area contributed by atoms with Crippen molar-refractivity contribution in [3.63, 3.8) is 0 Å². The minimum Gasteiger partial charge on any atom is -0.462 e. The fourth-order valence-corrected chi connectivity index (χ4v) is 10.5. The van der Waals surface area contributed by atoms with Crippen LogP contribution in [0.15, 0.2) is 11.6 Å². The van der Waals surface area contributed by atoms with Gasteiger partial charge in [-0.25, -0.2) is 0 Å². The first-order valence-corrected chi connectivity index (χ1v) is 12.3. The van der Waals surface area contributed by atoms with Crippen molar-refractivity contribution < 1.29 is 24.2 Å². The number of rotatable bonds is 1. The number of hydrogen-bond donors (Lipinski definition) is 1. The largest absolute Gasteiger partial charge is 0.462 e. The number of allylic oxidation sites excluding steroid dienone is 1. The molecule has 2 aliphatic heterocycles. The molecule has 3 aliphatic carbocycles. The summed E-state index contributed by atoms with van der Waals surface area (Å²) in [7, 11) is 0. The first-order valence-electron chi connectivity index (χ1n) is 10.2. The highest BCUT2D eigenvalue weighted by Crippen LogP contribution is 2.70. The van der Waals surface area contributed by atoms with E-state index >= 15 is 0 Å². The van der Waals surface area contributed by atoms with E-state index in [1.807, 2.05) is 30.4 Å². The summed E-state index contributed by atoms with van der Waals surface area (Å²) in [4.78, 5) is 39.4. The third kappa shape index (κ3) is 2.30. The molecule has 7 atom stereocenters. The van der Waals surface area contributed by atoms with Gasteiger partial charge in [-0.3, -0.25) is 14.4 Å².